The van der Waals surface area contributed by atoms with Crippen LogP contribution in [0.4, 0.5) is 17.3 Å². The van der Waals surface area contributed by atoms with E-state index in [4.69, 9.17) is 5.84 Å². The second-order valence-corrected chi connectivity index (χ2v) is 4.33. The van der Waals surface area contributed by atoms with E-state index in [9.17, 15) is 10.1 Å². The number of hydrogen-bond acceptors (Lipinski definition) is 8. The van der Waals surface area contributed by atoms with Gasteiger partial charge in [-0.05, 0) is 6.07 Å². The Balaban J connectivity index is 2.19. The average Bonchev–Trinajstić information content (AvgIpc) is 2.84. The number of nitrogens with zero attached hydrogens (tertiary/aromatic N) is 6. The lowest BCUT2D eigenvalue weighted by molar-refractivity contribution is -0.384. The standard InChI is InChI=1S/C11H14N8O2/c1-17(2)9-4-3-8(5-10(9)19(20)21)6-13-15-11-16-14-7-18(11)12/h3-7H,12H2,1-2H3,(H,15,16)/b13-6+. The Morgan fingerprint density at radius 2 is 2.29 bits per heavy atom. The summed E-state index contributed by atoms with van der Waals surface area (Å²) in [7, 11) is 3.48. The lowest BCUT2D eigenvalue weighted by Crippen LogP contribution is -2.11. The zero-order valence-corrected chi connectivity index (χ0v) is 11.5. The molecule has 1 heterocycles. The van der Waals surface area contributed by atoms with E-state index < -0.39 is 4.92 Å². The van der Waals surface area contributed by atoms with Gasteiger partial charge in [-0.15, -0.1) is 10.2 Å². The van der Waals surface area contributed by atoms with E-state index in [-0.39, 0.29) is 11.6 Å². The molecule has 0 aliphatic heterocycles. The first kappa shape index (κ1) is 14.2. The molecule has 1 aromatic heterocycles. The molecular weight excluding hydrogens is 276 g/mol. The van der Waals surface area contributed by atoms with E-state index in [1.54, 1.807) is 31.1 Å². The molecule has 3 N–H and O–H groups in total. The highest BCUT2D eigenvalue weighted by Crippen LogP contribution is 2.27. The van der Waals surface area contributed by atoms with Gasteiger partial charge in [-0.2, -0.15) is 5.10 Å². The SMILES string of the molecule is CN(C)c1ccc(/C=N/Nc2nncn2N)cc1[N+](=O)[O-]. The topological polar surface area (TPSA) is 128 Å². The fourth-order valence-electron chi connectivity index (χ4n) is 1.63. The molecule has 10 nitrogen and oxygen atoms in total. The van der Waals surface area contributed by atoms with Crippen LogP contribution in [0, 0.1) is 10.1 Å². The third-order valence-corrected chi connectivity index (χ3v) is 2.63. The highest BCUT2D eigenvalue weighted by Gasteiger charge is 2.15. The second-order valence-electron chi connectivity index (χ2n) is 4.33. The van der Waals surface area contributed by atoms with Crippen LogP contribution in [0.2, 0.25) is 0 Å². The Hall–Kier alpha value is -3.17. The number of nitrogens with one attached hydrogen (secondary N) is 1. The van der Waals surface area contributed by atoms with E-state index in [0.717, 1.165) is 4.68 Å². The first-order chi connectivity index (χ1) is 9.99. The maximum Gasteiger partial charge on any atom is 0.293 e. The number of nitro groups is 1. The van der Waals surface area contributed by atoms with Gasteiger partial charge in [-0.3, -0.25) is 10.1 Å². The molecule has 0 saturated carbocycles. The maximum atomic E-state index is 11.1. The minimum atomic E-state index is -0.434. The summed E-state index contributed by atoms with van der Waals surface area (Å²) in [6.07, 6.45) is 2.75. The van der Waals surface area contributed by atoms with E-state index in [2.05, 4.69) is 20.7 Å². The summed E-state index contributed by atoms with van der Waals surface area (Å²) >= 11 is 0. The van der Waals surface area contributed by atoms with Crippen molar-refractivity contribution in [1.82, 2.24) is 14.9 Å². The number of hydrogen-bond donors (Lipinski definition) is 2. The van der Waals surface area contributed by atoms with Crippen LogP contribution in [0.1, 0.15) is 5.56 Å². The van der Waals surface area contributed by atoms with E-state index >= 15 is 0 Å². The number of hydrazone groups is 1. The Morgan fingerprint density at radius 3 is 2.86 bits per heavy atom. The summed E-state index contributed by atoms with van der Waals surface area (Å²) in [6.45, 7) is 0. The molecule has 0 spiro atoms. The van der Waals surface area contributed by atoms with Crippen LogP contribution in [-0.4, -0.2) is 40.1 Å². The highest BCUT2D eigenvalue weighted by molar-refractivity contribution is 5.83. The van der Waals surface area contributed by atoms with Crippen LogP contribution < -0.4 is 16.2 Å². The Labute approximate surface area is 120 Å². The van der Waals surface area contributed by atoms with Gasteiger partial charge in [0.2, 0.25) is 0 Å². The number of anilines is 2. The number of benzene rings is 1. The monoisotopic (exact) mass is 290 g/mol. The number of nitrogens with two attached hydrogens (primary N) is 1. The van der Waals surface area contributed by atoms with Crippen molar-refractivity contribution in [3.05, 3.63) is 40.2 Å². The van der Waals surface area contributed by atoms with Crippen molar-refractivity contribution in [2.75, 3.05) is 30.3 Å². The fraction of sp³-hybridized carbons (Fsp3) is 0.182. The van der Waals surface area contributed by atoms with Crippen LogP contribution >= 0.6 is 0 Å². The maximum absolute atomic E-state index is 11.1. The van der Waals surface area contributed by atoms with Crippen molar-refractivity contribution >= 4 is 23.5 Å². The van der Waals surface area contributed by atoms with Crippen molar-refractivity contribution in [3.8, 4) is 0 Å². The molecule has 2 aromatic rings. The number of nitrogen functional groups attached to an aromatic ring is 1. The first-order valence-corrected chi connectivity index (χ1v) is 5.89. The highest BCUT2D eigenvalue weighted by atomic mass is 16.6. The van der Waals surface area contributed by atoms with Gasteiger partial charge < -0.3 is 10.7 Å². The van der Waals surface area contributed by atoms with Gasteiger partial charge in [0.05, 0.1) is 11.1 Å². The van der Waals surface area contributed by atoms with Crippen LogP contribution in [0.15, 0.2) is 29.6 Å². The van der Waals surface area contributed by atoms with Gasteiger partial charge in [0.25, 0.3) is 11.6 Å². The van der Waals surface area contributed by atoms with Gasteiger partial charge in [0.1, 0.15) is 12.0 Å². The molecule has 0 unspecified atom stereocenters. The van der Waals surface area contributed by atoms with Gasteiger partial charge in [0.15, 0.2) is 0 Å². The van der Waals surface area contributed by atoms with E-state index in [1.165, 1.54) is 18.6 Å². The molecule has 1 aromatic carbocycles. The molecule has 0 atom stereocenters. The van der Waals surface area contributed by atoms with Crippen molar-refractivity contribution in [2.24, 2.45) is 5.10 Å². The zero-order chi connectivity index (χ0) is 15.4. The molecule has 0 aliphatic rings. The Bertz CT molecular complexity index is 679. The number of nitro benzene ring substituents is 1. The Morgan fingerprint density at radius 1 is 1.52 bits per heavy atom. The molecule has 0 fully saturated rings. The summed E-state index contributed by atoms with van der Waals surface area (Å²) in [6, 6.07) is 4.82. The minimum Gasteiger partial charge on any atom is -0.372 e. The summed E-state index contributed by atoms with van der Waals surface area (Å²) in [4.78, 5) is 12.3. The number of rotatable bonds is 5. The van der Waals surface area contributed by atoms with E-state index in [1.807, 2.05) is 0 Å². The largest absolute Gasteiger partial charge is 0.372 e. The predicted molar refractivity (Wildman–Crippen MR) is 78.8 cm³/mol. The molecule has 110 valence electrons. The second kappa shape index (κ2) is 5.86. The molecule has 0 bridgehead atoms. The smallest absolute Gasteiger partial charge is 0.293 e. The predicted octanol–water partition coefficient (Wildman–Crippen LogP) is 0.412. The number of aromatic nitrogens is 3. The first-order valence-electron chi connectivity index (χ1n) is 5.89. The molecule has 0 aliphatic carbocycles. The van der Waals surface area contributed by atoms with E-state index in [0.29, 0.717) is 11.3 Å². The lowest BCUT2D eigenvalue weighted by atomic mass is 10.2. The summed E-state index contributed by atoms with van der Waals surface area (Å²) in [5.41, 5.74) is 3.68. The van der Waals surface area contributed by atoms with Gasteiger partial charge in [-0.25, -0.2) is 10.1 Å². The zero-order valence-electron chi connectivity index (χ0n) is 11.5. The van der Waals surface area contributed by atoms with Gasteiger partial charge >= 0.3 is 0 Å². The quantitative estimate of drug-likeness (QED) is 0.353. The van der Waals surface area contributed by atoms with Crippen LogP contribution in [-0.2, 0) is 0 Å². The molecule has 10 heteroatoms. The van der Waals surface area contributed by atoms with Gasteiger partial charge in [0, 0.05) is 25.7 Å². The van der Waals surface area contributed by atoms with Crippen molar-refractivity contribution in [3.63, 3.8) is 0 Å². The van der Waals surface area contributed by atoms with Crippen LogP contribution in [0.25, 0.3) is 0 Å². The summed E-state index contributed by atoms with van der Waals surface area (Å²) < 4.78 is 1.16. The molecule has 0 saturated heterocycles. The molecule has 0 radical (unpaired) electrons. The average molecular weight is 290 g/mol. The van der Waals surface area contributed by atoms with Crippen molar-refractivity contribution < 1.29 is 4.92 Å². The minimum absolute atomic E-state index is 0.00550. The summed E-state index contributed by atoms with van der Waals surface area (Å²) in [5.74, 6) is 5.75. The van der Waals surface area contributed by atoms with Gasteiger partial charge in [-0.1, -0.05) is 6.07 Å². The molecule has 0 amide bonds. The third-order valence-electron chi connectivity index (χ3n) is 2.63. The third kappa shape index (κ3) is 3.23. The fourth-order valence-corrected chi connectivity index (χ4v) is 1.63. The summed E-state index contributed by atoms with van der Waals surface area (Å²) in [5, 5.41) is 22.2. The lowest BCUT2D eigenvalue weighted by Gasteiger charge is -2.12. The van der Waals surface area contributed by atoms with Crippen molar-refractivity contribution in [2.45, 2.75) is 0 Å². The molecule has 2 rings (SSSR count). The van der Waals surface area contributed by atoms with Crippen LogP contribution in [0.3, 0.4) is 0 Å². The Kier molecular flexibility index (Phi) is 3.97. The molecule has 21 heavy (non-hydrogen) atoms. The molecular formula is C11H14N8O2. The van der Waals surface area contributed by atoms with Crippen molar-refractivity contribution in [1.29, 1.82) is 0 Å². The van der Waals surface area contributed by atoms with Crippen LogP contribution in [0.5, 0.6) is 0 Å². The normalized spacial score (nSPS) is 10.8.